The maximum absolute atomic E-state index is 12.2. The van der Waals surface area contributed by atoms with E-state index in [-0.39, 0.29) is 16.5 Å². The Kier molecular flexibility index (Phi) is 5.03. The first-order valence-electron chi connectivity index (χ1n) is 5.29. The fraction of sp³-hybridized carbons (Fsp3) is 0.455. The molecule has 0 aromatic heterocycles. The molecule has 0 aliphatic carbocycles. The van der Waals surface area contributed by atoms with Gasteiger partial charge in [0.2, 0.25) is 10.0 Å². The summed E-state index contributed by atoms with van der Waals surface area (Å²) >= 11 is 12.0. The monoisotopic (exact) mass is 311 g/mol. The van der Waals surface area contributed by atoms with Crippen LogP contribution in [0.5, 0.6) is 0 Å². The molecule has 0 unspecified atom stereocenters. The number of benzene rings is 1. The highest BCUT2D eigenvalue weighted by Gasteiger charge is 2.25. The zero-order chi connectivity index (χ0) is 14.1. The van der Waals surface area contributed by atoms with Gasteiger partial charge in [0.25, 0.3) is 0 Å². The Hall–Kier alpha value is -0.330. The third-order valence-corrected chi connectivity index (χ3v) is 5.24. The van der Waals surface area contributed by atoms with E-state index in [1.54, 1.807) is 26.8 Å². The van der Waals surface area contributed by atoms with Gasteiger partial charge in [-0.25, -0.2) is 13.1 Å². The minimum absolute atomic E-state index is 0.0329. The number of aryl methyl sites for hydroxylation is 1. The number of nitrogens with one attached hydrogen (secondary N) is 1. The Morgan fingerprint density at radius 2 is 1.94 bits per heavy atom. The summed E-state index contributed by atoms with van der Waals surface area (Å²) in [6.07, 6.45) is 0. The van der Waals surface area contributed by atoms with Crippen LogP contribution in [0.4, 0.5) is 0 Å². The number of aliphatic hydroxyl groups is 1. The average Bonchev–Trinajstić information content (AvgIpc) is 2.25. The minimum Gasteiger partial charge on any atom is -0.395 e. The smallest absolute Gasteiger partial charge is 0.242 e. The van der Waals surface area contributed by atoms with Crippen molar-refractivity contribution in [1.82, 2.24) is 4.72 Å². The fourth-order valence-corrected chi connectivity index (χ4v) is 3.94. The molecule has 1 atom stereocenters. The lowest BCUT2D eigenvalue weighted by atomic mass is 10.2. The van der Waals surface area contributed by atoms with E-state index in [9.17, 15) is 8.42 Å². The van der Waals surface area contributed by atoms with E-state index in [1.165, 1.54) is 0 Å². The molecular weight excluding hydrogens is 297 g/mol. The molecule has 102 valence electrons. The standard InChI is InChI=1S/C11H15Cl2NO3S/c1-6-4-9(12)8(3)11(10(6)13)18(16,17)14-7(2)5-15/h4,7,14-15H,5H2,1-3H3/t7-/m1/s1. The topological polar surface area (TPSA) is 66.4 Å². The normalized spacial score (nSPS) is 13.7. The second kappa shape index (κ2) is 5.75. The molecule has 2 N–H and O–H groups in total. The summed E-state index contributed by atoms with van der Waals surface area (Å²) in [5, 5.41) is 9.40. The average molecular weight is 312 g/mol. The molecule has 0 fully saturated rings. The lowest BCUT2D eigenvalue weighted by molar-refractivity contribution is 0.265. The first-order chi connectivity index (χ1) is 8.20. The van der Waals surface area contributed by atoms with Crippen LogP contribution in [0.25, 0.3) is 0 Å². The van der Waals surface area contributed by atoms with Crippen LogP contribution in [-0.2, 0) is 10.0 Å². The number of halogens is 2. The second-order valence-electron chi connectivity index (χ2n) is 4.15. The van der Waals surface area contributed by atoms with Gasteiger partial charge in [-0.1, -0.05) is 23.2 Å². The third kappa shape index (κ3) is 3.16. The van der Waals surface area contributed by atoms with Gasteiger partial charge in [-0.3, -0.25) is 0 Å². The fourth-order valence-electron chi connectivity index (χ4n) is 1.49. The van der Waals surface area contributed by atoms with Gasteiger partial charge in [0.15, 0.2) is 0 Å². The lowest BCUT2D eigenvalue weighted by Gasteiger charge is -2.16. The van der Waals surface area contributed by atoms with Crippen molar-refractivity contribution in [3.8, 4) is 0 Å². The van der Waals surface area contributed by atoms with Gasteiger partial charge in [0.05, 0.1) is 11.6 Å². The molecule has 0 radical (unpaired) electrons. The van der Waals surface area contributed by atoms with Crippen LogP contribution in [-0.4, -0.2) is 26.2 Å². The molecular formula is C11H15Cl2NO3S. The van der Waals surface area contributed by atoms with Gasteiger partial charge in [0, 0.05) is 11.1 Å². The Balaban J connectivity index is 3.41. The highest BCUT2D eigenvalue weighted by atomic mass is 35.5. The molecule has 0 bridgehead atoms. The van der Waals surface area contributed by atoms with Crippen LogP contribution in [0.15, 0.2) is 11.0 Å². The van der Waals surface area contributed by atoms with Crippen molar-refractivity contribution in [3.05, 3.63) is 27.2 Å². The van der Waals surface area contributed by atoms with Crippen molar-refractivity contribution in [3.63, 3.8) is 0 Å². The Morgan fingerprint density at radius 3 is 2.44 bits per heavy atom. The quantitative estimate of drug-likeness (QED) is 0.896. The molecule has 0 aliphatic rings. The number of aliphatic hydroxyl groups excluding tert-OH is 1. The van der Waals surface area contributed by atoms with E-state index in [0.29, 0.717) is 16.1 Å². The first kappa shape index (κ1) is 15.7. The molecule has 18 heavy (non-hydrogen) atoms. The Labute approximate surface area is 117 Å². The SMILES string of the molecule is Cc1cc(Cl)c(C)c(S(=O)(=O)N[C@H](C)CO)c1Cl. The van der Waals surface area contributed by atoms with Gasteiger partial charge in [-0.05, 0) is 38.0 Å². The highest BCUT2D eigenvalue weighted by Crippen LogP contribution is 2.33. The largest absolute Gasteiger partial charge is 0.395 e. The molecule has 1 aromatic rings. The summed E-state index contributed by atoms with van der Waals surface area (Å²) in [5.74, 6) is 0. The van der Waals surface area contributed by atoms with E-state index >= 15 is 0 Å². The molecule has 0 heterocycles. The van der Waals surface area contributed by atoms with Crippen molar-refractivity contribution in [2.75, 3.05) is 6.61 Å². The summed E-state index contributed by atoms with van der Waals surface area (Å²) in [5.41, 5.74) is 0.981. The predicted octanol–water partition coefficient (Wildman–Crippen LogP) is 2.27. The van der Waals surface area contributed by atoms with Gasteiger partial charge in [0.1, 0.15) is 4.90 Å². The van der Waals surface area contributed by atoms with E-state index < -0.39 is 16.1 Å². The number of hydrogen-bond acceptors (Lipinski definition) is 3. The molecule has 1 rings (SSSR count). The molecule has 0 saturated carbocycles. The third-order valence-electron chi connectivity index (χ3n) is 2.49. The molecule has 0 aliphatic heterocycles. The van der Waals surface area contributed by atoms with Crippen LogP contribution in [0.2, 0.25) is 10.0 Å². The summed E-state index contributed by atoms with van der Waals surface area (Å²) in [6, 6.07) is 1.03. The summed E-state index contributed by atoms with van der Waals surface area (Å²) < 4.78 is 26.7. The van der Waals surface area contributed by atoms with E-state index in [1.807, 2.05) is 0 Å². The van der Waals surface area contributed by atoms with Crippen molar-refractivity contribution in [1.29, 1.82) is 0 Å². The summed E-state index contributed by atoms with van der Waals surface area (Å²) in [4.78, 5) is -0.0329. The summed E-state index contributed by atoms with van der Waals surface area (Å²) in [6.45, 7) is 4.53. The van der Waals surface area contributed by atoms with E-state index in [4.69, 9.17) is 28.3 Å². The molecule has 7 heteroatoms. The zero-order valence-corrected chi connectivity index (χ0v) is 12.6. The van der Waals surface area contributed by atoms with Crippen LogP contribution in [0.3, 0.4) is 0 Å². The molecule has 0 saturated heterocycles. The first-order valence-corrected chi connectivity index (χ1v) is 7.53. The van der Waals surface area contributed by atoms with Crippen molar-refractivity contribution < 1.29 is 13.5 Å². The Morgan fingerprint density at radius 1 is 1.39 bits per heavy atom. The van der Waals surface area contributed by atoms with Crippen molar-refractivity contribution in [2.24, 2.45) is 0 Å². The van der Waals surface area contributed by atoms with Gasteiger partial charge in [-0.15, -0.1) is 0 Å². The van der Waals surface area contributed by atoms with Crippen LogP contribution in [0.1, 0.15) is 18.1 Å². The molecule has 0 spiro atoms. The number of sulfonamides is 1. The van der Waals surface area contributed by atoms with Crippen LogP contribution in [0, 0.1) is 13.8 Å². The second-order valence-corrected chi connectivity index (χ2v) is 6.58. The van der Waals surface area contributed by atoms with Gasteiger partial charge < -0.3 is 5.11 Å². The zero-order valence-electron chi connectivity index (χ0n) is 10.3. The van der Waals surface area contributed by atoms with Crippen LogP contribution < -0.4 is 4.72 Å². The van der Waals surface area contributed by atoms with Gasteiger partial charge >= 0.3 is 0 Å². The maximum atomic E-state index is 12.2. The van der Waals surface area contributed by atoms with Crippen molar-refractivity contribution in [2.45, 2.75) is 31.7 Å². The van der Waals surface area contributed by atoms with Crippen LogP contribution >= 0.6 is 23.2 Å². The van der Waals surface area contributed by atoms with Gasteiger partial charge in [-0.2, -0.15) is 0 Å². The Bertz CT molecular complexity index is 532. The van der Waals surface area contributed by atoms with Crippen molar-refractivity contribution >= 4 is 33.2 Å². The summed E-state index contributed by atoms with van der Waals surface area (Å²) in [7, 11) is -3.80. The number of rotatable bonds is 4. The molecule has 1 aromatic carbocycles. The molecule has 4 nitrogen and oxygen atoms in total. The lowest BCUT2D eigenvalue weighted by Crippen LogP contribution is -2.35. The van der Waals surface area contributed by atoms with E-state index in [0.717, 1.165) is 0 Å². The number of hydrogen-bond donors (Lipinski definition) is 2. The predicted molar refractivity (Wildman–Crippen MR) is 72.8 cm³/mol. The maximum Gasteiger partial charge on any atom is 0.242 e. The minimum atomic E-state index is -3.80. The molecule has 0 amide bonds. The highest BCUT2D eigenvalue weighted by molar-refractivity contribution is 7.89. The van der Waals surface area contributed by atoms with E-state index in [2.05, 4.69) is 4.72 Å².